The van der Waals surface area contributed by atoms with E-state index in [1.54, 1.807) is 0 Å². The maximum atomic E-state index is 5.99. The summed E-state index contributed by atoms with van der Waals surface area (Å²) in [5, 5.41) is 0.770. The van der Waals surface area contributed by atoms with Crippen molar-refractivity contribution in [1.29, 1.82) is 0 Å². The Kier molecular flexibility index (Phi) is 3.53. The zero-order valence-electron chi connectivity index (χ0n) is 11.2. The van der Waals surface area contributed by atoms with Gasteiger partial charge in [-0.15, -0.1) is 0 Å². The summed E-state index contributed by atoms with van der Waals surface area (Å²) in [5.74, 6) is 0.654. The Morgan fingerprint density at radius 1 is 1.39 bits per heavy atom. The lowest BCUT2D eigenvalue weighted by molar-refractivity contribution is 0.183. The lowest BCUT2D eigenvalue weighted by Crippen LogP contribution is -2.54. The first kappa shape index (κ1) is 13.2. The molecule has 2 rings (SSSR count). The zero-order chi connectivity index (χ0) is 13.3. The molecule has 1 aliphatic rings. The molecule has 0 bridgehead atoms. The quantitative estimate of drug-likeness (QED) is 0.913. The Labute approximate surface area is 114 Å². The van der Waals surface area contributed by atoms with Crippen molar-refractivity contribution in [3.05, 3.63) is 34.9 Å². The van der Waals surface area contributed by atoms with Crippen LogP contribution in [0.3, 0.4) is 0 Å². The zero-order valence-corrected chi connectivity index (χ0v) is 11.9. The summed E-state index contributed by atoms with van der Waals surface area (Å²) in [6, 6.07) is 8.35. The van der Waals surface area contributed by atoms with Crippen molar-refractivity contribution in [3.8, 4) is 0 Å². The smallest absolute Gasteiger partial charge is 0.192 e. The van der Waals surface area contributed by atoms with Crippen LogP contribution in [0.25, 0.3) is 0 Å². The molecular weight excluding hydrogens is 246 g/mol. The van der Waals surface area contributed by atoms with Crippen LogP contribution in [0.1, 0.15) is 26.3 Å². The van der Waals surface area contributed by atoms with Gasteiger partial charge in [0.25, 0.3) is 0 Å². The summed E-state index contributed by atoms with van der Waals surface area (Å²) in [4.78, 5) is 6.61. The van der Waals surface area contributed by atoms with Crippen LogP contribution in [0.15, 0.2) is 29.3 Å². The predicted molar refractivity (Wildman–Crippen MR) is 77.0 cm³/mol. The highest BCUT2D eigenvalue weighted by Crippen LogP contribution is 2.28. The third-order valence-electron chi connectivity index (χ3n) is 3.42. The van der Waals surface area contributed by atoms with Crippen molar-refractivity contribution in [2.45, 2.75) is 38.8 Å². The predicted octanol–water partition coefficient (Wildman–Crippen LogP) is 2.68. The first-order chi connectivity index (χ1) is 8.42. The molecule has 0 amide bonds. The molecule has 0 fully saturated rings. The van der Waals surface area contributed by atoms with Crippen molar-refractivity contribution >= 4 is 17.6 Å². The molecular formula is C14H20ClN3. The van der Waals surface area contributed by atoms with E-state index in [2.05, 4.69) is 42.8 Å². The van der Waals surface area contributed by atoms with Crippen molar-refractivity contribution in [1.82, 2.24) is 4.90 Å². The Balaban J connectivity index is 2.19. The lowest BCUT2D eigenvalue weighted by Gasteiger charge is -2.39. The molecule has 0 saturated carbocycles. The highest BCUT2D eigenvalue weighted by Gasteiger charge is 2.39. The van der Waals surface area contributed by atoms with Crippen molar-refractivity contribution < 1.29 is 0 Å². The summed E-state index contributed by atoms with van der Waals surface area (Å²) in [6.45, 7) is 7.26. The summed E-state index contributed by atoms with van der Waals surface area (Å²) in [5.41, 5.74) is 7.21. The van der Waals surface area contributed by atoms with Crippen LogP contribution >= 0.6 is 11.6 Å². The average molecular weight is 266 g/mol. The molecule has 18 heavy (non-hydrogen) atoms. The van der Waals surface area contributed by atoms with E-state index >= 15 is 0 Å². The number of aliphatic imine (C=N–C) groups is 1. The molecule has 4 heteroatoms. The number of nitrogens with two attached hydrogens (primary N) is 1. The van der Waals surface area contributed by atoms with Crippen LogP contribution < -0.4 is 5.73 Å². The van der Waals surface area contributed by atoms with Gasteiger partial charge in [0.15, 0.2) is 5.96 Å². The number of nitrogens with zero attached hydrogens (tertiary/aromatic N) is 2. The number of rotatable bonds is 3. The molecule has 0 saturated heterocycles. The van der Waals surface area contributed by atoms with Crippen LogP contribution in [-0.2, 0) is 6.42 Å². The van der Waals surface area contributed by atoms with Crippen molar-refractivity contribution in [2.75, 3.05) is 6.54 Å². The van der Waals surface area contributed by atoms with E-state index in [9.17, 15) is 0 Å². The molecule has 0 aromatic heterocycles. The first-order valence-electron chi connectivity index (χ1n) is 6.26. The van der Waals surface area contributed by atoms with Gasteiger partial charge >= 0.3 is 0 Å². The van der Waals surface area contributed by atoms with Gasteiger partial charge in [-0.3, -0.25) is 4.99 Å². The number of halogens is 1. The molecule has 0 spiro atoms. The fraction of sp³-hybridized carbons (Fsp3) is 0.500. The number of guanidine groups is 1. The monoisotopic (exact) mass is 265 g/mol. The second kappa shape index (κ2) is 4.81. The molecule has 1 unspecified atom stereocenters. The second-order valence-corrected chi connectivity index (χ2v) is 5.87. The minimum atomic E-state index is -0.0356. The molecule has 98 valence electrons. The highest BCUT2D eigenvalue weighted by atomic mass is 35.5. The standard InChI is InChI=1S/C14H20ClN3/c1-10(2)18-13(16)17-9-14(18,3)8-11-4-6-12(15)7-5-11/h4-7,10H,8-9H2,1-3H3,(H2,16,17). The van der Waals surface area contributed by atoms with Crippen LogP contribution in [0.4, 0.5) is 0 Å². The third kappa shape index (κ3) is 2.46. The topological polar surface area (TPSA) is 41.6 Å². The van der Waals surface area contributed by atoms with Crippen LogP contribution in [0, 0.1) is 0 Å². The summed E-state index contributed by atoms with van der Waals surface area (Å²) >= 11 is 5.91. The molecule has 1 aromatic carbocycles. The molecule has 1 aromatic rings. The van der Waals surface area contributed by atoms with E-state index in [0.29, 0.717) is 12.0 Å². The van der Waals surface area contributed by atoms with Crippen molar-refractivity contribution in [3.63, 3.8) is 0 Å². The first-order valence-corrected chi connectivity index (χ1v) is 6.64. The van der Waals surface area contributed by atoms with Gasteiger partial charge in [-0.1, -0.05) is 23.7 Å². The van der Waals surface area contributed by atoms with Gasteiger partial charge in [0.1, 0.15) is 0 Å². The fourth-order valence-electron chi connectivity index (χ4n) is 2.75. The van der Waals surface area contributed by atoms with Crippen LogP contribution in [0.2, 0.25) is 5.02 Å². The number of hydrogen-bond donors (Lipinski definition) is 1. The molecule has 1 aliphatic heterocycles. The summed E-state index contributed by atoms with van der Waals surface area (Å²) in [7, 11) is 0. The minimum Gasteiger partial charge on any atom is -0.370 e. The van der Waals surface area contributed by atoms with E-state index in [1.165, 1.54) is 5.56 Å². The summed E-state index contributed by atoms with van der Waals surface area (Å²) in [6.07, 6.45) is 0.923. The second-order valence-electron chi connectivity index (χ2n) is 5.44. The van der Waals surface area contributed by atoms with Gasteiger partial charge in [0.05, 0.1) is 12.1 Å². The largest absolute Gasteiger partial charge is 0.370 e. The molecule has 3 nitrogen and oxygen atoms in total. The SMILES string of the molecule is CC(C)N1C(N)=NCC1(C)Cc1ccc(Cl)cc1. The normalized spacial score (nSPS) is 23.6. The van der Waals surface area contributed by atoms with E-state index in [1.807, 2.05) is 12.1 Å². The Bertz CT molecular complexity index is 453. The van der Waals surface area contributed by atoms with Gasteiger partial charge in [-0.2, -0.15) is 0 Å². The molecule has 0 radical (unpaired) electrons. The molecule has 1 heterocycles. The molecule has 1 atom stereocenters. The van der Waals surface area contributed by atoms with Gasteiger partial charge < -0.3 is 10.6 Å². The molecule has 0 aliphatic carbocycles. The number of benzene rings is 1. The van der Waals surface area contributed by atoms with E-state index in [4.69, 9.17) is 17.3 Å². The Hall–Kier alpha value is -1.22. The van der Waals surface area contributed by atoms with Crippen LogP contribution in [-0.4, -0.2) is 29.0 Å². The van der Waals surface area contributed by atoms with Crippen molar-refractivity contribution in [2.24, 2.45) is 10.7 Å². The lowest BCUT2D eigenvalue weighted by atomic mass is 9.91. The van der Waals surface area contributed by atoms with Crippen LogP contribution in [0.5, 0.6) is 0 Å². The highest BCUT2D eigenvalue weighted by molar-refractivity contribution is 6.30. The Morgan fingerprint density at radius 3 is 2.56 bits per heavy atom. The van der Waals surface area contributed by atoms with Gasteiger partial charge in [0, 0.05) is 11.1 Å². The van der Waals surface area contributed by atoms with Gasteiger partial charge in [-0.05, 0) is 44.9 Å². The maximum Gasteiger partial charge on any atom is 0.192 e. The maximum absolute atomic E-state index is 5.99. The average Bonchev–Trinajstić information content (AvgIpc) is 2.58. The van der Waals surface area contributed by atoms with Gasteiger partial charge in [0.2, 0.25) is 0 Å². The summed E-state index contributed by atoms with van der Waals surface area (Å²) < 4.78 is 0. The van der Waals surface area contributed by atoms with E-state index in [-0.39, 0.29) is 5.54 Å². The molecule has 2 N–H and O–H groups in total. The van der Waals surface area contributed by atoms with Gasteiger partial charge in [-0.25, -0.2) is 0 Å². The van der Waals surface area contributed by atoms with E-state index < -0.39 is 0 Å². The number of hydrogen-bond acceptors (Lipinski definition) is 3. The minimum absolute atomic E-state index is 0.0356. The third-order valence-corrected chi connectivity index (χ3v) is 3.68. The fourth-order valence-corrected chi connectivity index (χ4v) is 2.88. The van der Waals surface area contributed by atoms with E-state index in [0.717, 1.165) is 18.0 Å². The Morgan fingerprint density at radius 2 is 2.00 bits per heavy atom.